The molecule has 7 nitrogen and oxygen atoms in total. The van der Waals surface area contributed by atoms with Crippen LogP contribution in [0.2, 0.25) is 0 Å². The van der Waals surface area contributed by atoms with Gasteiger partial charge in [0, 0.05) is 13.1 Å². The van der Waals surface area contributed by atoms with Crippen LogP contribution in [0.15, 0.2) is 29.1 Å². The molecule has 2 atom stereocenters. The molecule has 1 aromatic carbocycles. The summed E-state index contributed by atoms with van der Waals surface area (Å²) >= 11 is 0. The molecule has 1 aromatic heterocycles. The highest BCUT2D eigenvalue weighted by molar-refractivity contribution is 5.78. The third-order valence-electron chi connectivity index (χ3n) is 3.69. The van der Waals surface area contributed by atoms with Gasteiger partial charge < -0.3 is 9.64 Å². The number of amides is 1. The molecule has 0 unspecified atom stereocenters. The Morgan fingerprint density at radius 3 is 2.68 bits per heavy atom. The summed E-state index contributed by atoms with van der Waals surface area (Å²) in [6.45, 7) is 4.81. The van der Waals surface area contributed by atoms with E-state index in [1.807, 2.05) is 13.8 Å². The Morgan fingerprint density at radius 2 is 1.95 bits per heavy atom. The molecule has 0 N–H and O–H groups in total. The lowest BCUT2D eigenvalue weighted by atomic mass is 10.2. The summed E-state index contributed by atoms with van der Waals surface area (Å²) in [6.07, 6.45) is -0.0146. The van der Waals surface area contributed by atoms with Gasteiger partial charge in [0.25, 0.3) is 5.56 Å². The predicted octanol–water partition coefficient (Wildman–Crippen LogP) is 0.427. The van der Waals surface area contributed by atoms with Gasteiger partial charge in [0.15, 0.2) is 0 Å². The molecule has 0 bridgehead atoms. The van der Waals surface area contributed by atoms with Crippen molar-refractivity contribution in [3.63, 3.8) is 0 Å². The third-order valence-corrected chi connectivity index (χ3v) is 3.69. The summed E-state index contributed by atoms with van der Waals surface area (Å²) < 4.78 is 6.73. The fourth-order valence-electron chi connectivity index (χ4n) is 2.74. The fourth-order valence-corrected chi connectivity index (χ4v) is 2.74. The lowest BCUT2D eigenvalue weighted by molar-refractivity contribution is -0.144. The van der Waals surface area contributed by atoms with Gasteiger partial charge >= 0.3 is 0 Å². The van der Waals surface area contributed by atoms with Crippen molar-refractivity contribution in [2.24, 2.45) is 0 Å². The van der Waals surface area contributed by atoms with Crippen LogP contribution in [-0.4, -0.2) is 51.1 Å². The molecule has 1 saturated heterocycles. The van der Waals surface area contributed by atoms with E-state index >= 15 is 0 Å². The Labute approximate surface area is 127 Å². The molecular weight excluding hydrogens is 284 g/mol. The van der Waals surface area contributed by atoms with Crippen LogP contribution in [0.5, 0.6) is 0 Å². The van der Waals surface area contributed by atoms with Crippen LogP contribution in [0.1, 0.15) is 13.8 Å². The van der Waals surface area contributed by atoms with E-state index in [9.17, 15) is 9.59 Å². The summed E-state index contributed by atoms with van der Waals surface area (Å²) in [5, 5.41) is 8.31. The Hall–Kier alpha value is -2.28. The van der Waals surface area contributed by atoms with E-state index < -0.39 is 0 Å². The zero-order valence-electron chi connectivity index (χ0n) is 12.6. The molecule has 1 fully saturated rings. The Kier molecular flexibility index (Phi) is 3.89. The molecule has 2 heterocycles. The van der Waals surface area contributed by atoms with Crippen molar-refractivity contribution in [1.82, 2.24) is 19.9 Å². The second kappa shape index (κ2) is 5.84. The predicted molar refractivity (Wildman–Crippen MR) is 80.4 cm³/mol. The van der Waals surface area contributed by atoms with Crippen molar-refractivity contribution in [2.45, 2.75) is 32.6 Å². The van der Waals surface area contributed by atoms with Crippen LogP contribution in [0.4, 0.5) is 0 Å². The number of fused-ring (bicyclic) bond motifs is 1. The van der Waals surface area contributed by atoms with Gasteiger partial charge in [0.1, 0.15) is 12.1 Å². The van der Waals surface area contributed by atoms with Gasteiger partial charge in [0.2, 0.25) is 5.91 Å². The van der Waals surface area contributed by atoms with E-state index in [4.69, 9.17) is 4.74 Å². The molecule has 0 aliphatic carbocycles. The zero-order valence-corrected chi connectivity index (χ0v) is 12.6. The molecule has 0 saturated carbocycles. The molecule has 1 aliphatic rings. The summed E-state index contributed by atoms with van der Waals surface area (Å²) in [6, 6.07) is 6.97. The van der Waals surface area contributed by atoms with Gasteiger partial charge in [-0.1, -0.05) is 17.3 Å². The number of hydrogen-bond donors (Lipinski definition) is 0. The van der Waals surface area contributed by atoms with Crippen molar-refractivity contribution in [2.75, 3.05) is 13.1 Å². The topological polar surface area (TPSA) is 77.3 Å². The normalized spacial score (nSPS) is 22.0. The second-order valence-corrected chi connectivity index (χ2v) is 5.63. The Morgan fingerprint density at radius 1 is 1.27 bits per heavy atom. The van der Waals surface area contributed by atoms with Gasteiger partial charge in [-0.05, 0) is 26.0 Å². The maximum Gasteiger partial charge on any atom is 0.278 e. The maximum absolute atomic E-state index is 12.4. The summed E-state index contributed by atoms with van der Waals surface area (Å²) in [4.78, 5) is 26.4. The highest BCUT2D eigenvalue weighted by Crippen LogP contribution is 2.11. The van der Waals surface area contributed by atoms with E-state index in [1.165, 1.54) is 0 Å². The van der Waals surface area contributed by atoms with Crippen LogP contribution < -0.4 is 5.56 Å². The quantitative estimate of drug-likeness (QED) is 0.804. The fraction of sp³-hybridized carbons (Fsp3) is 0.467. The third kappa shape index (κ3) is 2.85. The Balaban J connectivity index is 1.82. The van der Waals surface area contributed by atoms with Gasteiger partial charge in [-0.2, -0.15) is 0 Å². The van der Waals surface area contributed by atoms with Crippen molar-refractivity contribution in [1.29, 1.82) is 0 Å². The average Bonchev–Trinajstić information content (AvgIpc) is 2.49. The number of carbonyl (C=O) groups is 1. The van der Waals surface area contributed by atoms with Crippen molar-refractivity contribution < 1.29 is 9.53 Å². The number of benzene rings is 1. The smallest absolute Gasteiger partial charge is 0.278 e. The molecule has 3 rings (SSSR count). The van der Waals surface area contributed by atoms with Gasteiger partial charge in [-0.3, -0.25) is 9.59 Å². The van der Waals surface area contributed by atoms with Crippen LogP contribution >= 0.6 is 0 Å². The first-order valence-corrected chi connectivity index (χ1v) is 7.30. The standard InChI is InChI=1S/C15H18N4O3/c1-10-7-18(8-11(2)22-10)14(20)9-19-15(21)12-5-3-4-6-13(12)16-17-19/h3-6,10-11H,7-9H2,1-2H3/t10-,11+. The molecule has 1 amide bonds. The molecule has 7 heteroatoms. The van der Waals surface area contributed by atoms with Crippen LogP contribution in [-0.2, 0) is 16.1 Å². The minimum atomic E-state index is -0.298. The van der Waals surface area contributed by atoms with E-state index in [0.29, 0.717) is 24.0 Å². The van der Waals surface area contributed by atoms with Gasteiger partial charge in [0.05, 0.1) is 17.6 Å². The maximum atomic E-state index is 12.4. The minimum Gasteiger partial charge on any atom is -0.372 e. The largest absolute Gasteiger partial charge is 0.372 e. The first-order valence-electron chi connectivity index (χ1n) is 7.30. The van der Waals surface area contributed by atoms with E-state index in [2.05, 4.69) is 10.3 Å². The van der Waals surface area contributed by atoms with E-state index in [1.54, 1.807) is 29.2 Å². The number of morpholine rings is 1. The minimum absolute atomic E-state index is 0.00731. The lowest BCUT2D eigenvalue weighted by Crippen LogP contribution is -2.49. The first kappa shape index (κ1) is 14.6. The summed E-state index contributed by atoms with van der Waals surface area (Å²) in [7, 11) is 0. The van der Waals surface area contributed by atoms with Crippen molar-refractivity contribution in [3.05, 3.63) is 34.6 Å². The van der Waals surface area contributed by atoms with E-state index in [-0.39, 0.29) is 30.2 Å². The Bertz CT molecular complexity index is 748. The van der Waals surface area contributed by atoms with E-state index in [0.717, 1.165) is 4.68 Å². The van der Waals surface area contributed by atoms with Crippen LogP contribution in [0.3, 0.4) is 0 Å². The number of carbonyl (C=O) groups excluding carboxylic acids is 1. The van der Waals surface area contributed by atoms with Gasteiger partial charge in [-0.25, -0.2) is 4.68 Å². The molecule has 116 valence electrons. The molecule has 0 radical (unpaired) electrons. The number of ether oxygens (including phenoxy) is 1. The zero-order chi connectivity index (χ0) is 15.7. The monoisotopic (exact) mass is 302 g/mol. The number of nitrogens with zero attached hydrogens (tertiary/aromatic N) is 4. The molecular formula is C15H18N4O3. The summed E-state index contributed by atoms with van der Waals surface area (Å²) in [5.74, 6) is -0.145. The highest BCUT2D eigenvalue weighted by atomic mass is 16.5. The number of aromatic nitrogens is 3. The van der Waals surface area contributed by atoms with Crippen LogP contribution in [0.25, 0.3) is 10.9 Å². The SMILES string of the molecule is C[C@@H]1CN(C(=O)Cn2nnc3ccccc3c2=O)C[C@H](C)O1. The molecule has 22 heavy (non-hydrogen) atoms. The number of rotatable bonds is 2. The van der Waals surface area contributed by atoms with Gasteiger partial charge in [-0.15, -0.1) is 5.10 Å². The second-order valence-electron chi connectivity index (χ2n) is 5.63. The highest BCUT2D eigenvalue weighted by Gasteiger charge is 2.26. The number of hydrogen-bond acceptors (Lipinski definition) is 5. The summed E-state index contributed by atoms with van der Waals surface area (Å²) in [5.41, 5.74) is 0.234. The lowest BCUT2D eigenvalue weighted by Gasteiger charge is -2.35. The average molecular weight is 302 g/mol. The first-order chi connectivity index (χ1) is 10.5. The van der Waals surface area contributed by atoms with Crippen LogP contribution in [0, 0.1) is 0 Å². The molecule has 2 aromatic rings. The molecule has 1 aliphatic heterocycles. The van der Waals surface area contributed by atoms with Crippen molar-refractivity contribution >= 4 is 16.8 Å². The molecule has 0 spiro atoms. The van der Waals surface area contributed by atoms with Crippen molar-refractivity contribution in [3.8, 4) is 0 Å².